The molecule has 26 heavy (non-hydrogen) atoms. The molecular weight excluding hydrogens is 326 g/mol. The molecule has 0 saturated heterocycles. The maximum atomic E-state index is 12.9. The van der Waals surface area contributed by atoms with Crippen LogP contribution in [0.25, 0.3) is 5.69 Å². The first-order valence-electron chi connectivity index (χ1n) is 8.59. The van der Waals surface area contributed by atoms with Crippen LogP contribution in [0.2, 0.25) is 0 Å². The number of carbonyl (C=O) groups is 1. The average molecular weight is 349 g/mol. The zero-order chi connectivity index (χ0) is 18.5. The molecule has 0 radical (unpaired) electrons. The summed E-state index contributed by atoms with van der Waals surface area (Å²) in [5, 5.41) is 3.10. The fourth-order valence-electron chi connectivity index (χ4n) is 2.96. The van der Waals surface area contributed by atoms with Crippen LogP contribution in [-0.4, -0.2) is 28.6 Å². The van der Waals surface area contributed by atoms with Crippen molar-refractivity contribution in [3.05, 3.63) is 77.9 Å². The van der Waals surface area contributed by atoms with Crippen molar-refractivity contribution in [2.75, 3.05) is 7.11 Å². The minimum absolute atomic E-state index is 0.00856. The lowest BCUT2D eigenvalue weighted by Crippen LogP contribution is -2.34. The van der Waals surface area contributed by atoms with E-state index in [-0.39, 0.29) is 11.9 Å². The van der Waals surface area contributed by atoms with E-state index in [4.69, 9.17) is 4.74 Å². The van der Waals surface area contributed by atoms with Gasteiger partial charge in [0.1, 0.15) is 5.75 Å². The largest absolute Gasteiger partial charge is 0.497 e. The van der Waals surface area contributed by atoms with Crippen LogP contribution in [0, 0.1) is 6.92 Å². The number of rotatable bonds is 6. The second-order valence-electron chi connectivity index (χ2n) is 6.42. The van der Waals surface area contributed by atoms with Gasteiger partial charge in [-0.3, -0.25) is 4.79 Å². The van der Waals surface area contributed by atoms with Gasteiger partial charge in [-0.25, -0.2) is 4.98 Å². The molecule has 1 N–H and O–H groups in total. The average Bonchev–Trinajstić information content (AvgIpc) is 3.16. The van der Waals surface area contributed by atoms with Crippen molar-refractivity contribution in [3.8, 4) is 11.4 Å². The first-order chi connectivity index (χ1) is 12.6. The number of ether oxygens (including phenoxy) is 1. The van der Waals surface area contributed by atoms with Crippen LogP contribution < -0.4 is 10.1 Å². The van der Waals surface area contributed by atoms with Gasteiger partial charge < -0.3 is 14.6 Å². The standard InChI is InChI=1S/C21H23N3O2/c1-15-7-8-20(24-10-9-22-14-24)19(11-15)21(25)23-16(2)12-17-5-4-6-18(13-17)26-3/h4-11,13-14,16H,12H2,1-3H3,(H,23,25). The number of aryl methyl sites for hydroxylation is 1. The fraction of sp³-hybridized carbons (Fsp3) is 0.238. The molecule has 0 aliphatic rings. The molecule has 3 aromatic rings. The fourth-order valence-corrected chi connectivity index (χ4v) is 2.96. The Kier molecular flexibility index (Phi) is 5.37. The van der Waals surface area contributed by atoms with Crippen LogP contribution in [-0.2, 0) is 6.42 Å². The molecule has 134 valence electrons. The predicted molar refractivity (Wildman–Crippen MR) is 102 cm³/mol. The Balaban J connectivity index is 1.76. The molecule has 1 aromatic heterocycles. The van der Waals surface area contributed by atoms with E-state index in [2.05, 4.69) is 10.3 Å². The van der Waals surface area contributed by atoms with Gasteiger partial charge in [-0.05, 0) is 50.1 Å². The molecule has 0 aliphatic heterocycles. The monoisotopic (exact) mass is 349 g/mol. The van der Waals surface area contributed by atoms with Crippen molar-refractivity contribution in [3.63, 3.8) is 0 Å². The first-order valence-corrected chi connectivity index (χ1v) is 8.59. The quantitative estimate of drug-likeness (QED) is 0.740. The van der Waals surface area contributed by atoms with Gasteiger partial charge in [0, 0.05) is 18.4 Å². The van der Waals surface area contributed by atoms with Crippen LogP contribution >= 0.6 is 0 Å². The smallest absolute Gasteiger partial charge is 0.253 e. The normalized spacial score (nSPS) is 11.8. The minimum atomic E-state index is -0.0900. The minimum Gasteiger partial charge on any atom is -0.497 e. The molecule has 0 fully saturated rings. The topological polar surface area (TPSA) is 56.1 Å². The van der Waals surface area contributed by atoms with Crippen LogP contribution in [0.4, 0.5) is 0 Å². The summed E-state index contributed by atoms with van der Waals surface area (Å²) in [6.45, 7) is 3.98. The Morgan fingerprint density at radius 3 is 2.85 bits per heavy atom. The summed E-state index contributed by atoms with van der Waals surface area (Å²) >= 11 is 0. The highest BCUT2D eigenvalue weighted by molar-refractivity contribution is 5.98. The van der Waals surface area contributed by atoms with Crippen molar-refractivity contribution in [1.82, 2.24) is 14.9 Å². The SMILES string of the molecule is COc1cccc(CC(C)NC(=O)c2cc(C)ccc2-n2ccnc2)c1. The lowest BCUT2D eigenvalue weighted by Gasteiger charge is -2.17. The summed E-state index contributed by atoms with van der Waals surface area (Å²) < 4.78 is 7.11. The number of carbonyl (C=O) groups excluding carboxylic acids is 1. The van der Waals surface area contributed by atoms with E-state index in [1.165, 1.54) is 0 Å². The zero-order valence-electron chi connectivity index (χ0n) is 15.3. The number of nitrogens with one attached hydrogen (secondary N) is 1. The molecule has 0 saturated carbocycles. The first kappa shape index (κ1) is 17.7. The van der Waals surface area contributed by atoms with Crippen LogP contribution in [0.5, 0.6) is 5.75 Å². The van der Waals surface area contributed by atoms with Crippen LogP contribution in [0.15, 0.2) is 61.2 Å². The van der Waals surface area contributed by atoms with Gasteiger partial charge in [0.2, 0.25) is 0 Å². The van der Waals surface area contributed by atoms with Gasteiger partial charge in [0.25, 0.3) is 5.91 Å². The Morgan fingerprint density at radius 1 is 1.27 bits per heavy atom. The van der Waals surface area contributed by atoms with E-state index in [0.717, 1.165) is 29.0 Å². The van der Waals surface area contributed by atoms with E-state index in [9.17, 15) is 4.79 Å². The lowest BCUT2D eigenvalue weighted by atomic mass is 10.0. The molecule has 0 spiro atoms. The summed E-state index contributed by atoms with van der Waals surface area (Å²) in [5.41, 5.74) is 3.62. The second-order valence-corrected chi connectivity index (χ2v) is 6.42. The summed E-state index contributed by atoms with van der Waals surface area (Å²) in [7, 11) is 1.65. The second kappa shape index (κ2) is 7.87. The van der Waals surface area contributed by atoms with Gasteiger partial charge in [-0.1, -0.05) is 23.8 Å². The van der Waals surface area contributed by atoms with Crippen LogP contribution in [0.1, 0.15) is 28.4 Å². The summed E-state index contributed by atoms with van der Waals surface area (Å²) in [4.78, 5) is 16.9. The molecule has 1 amide bonds. The number of hydrogen-bond donors (Lipinski definition) is 1. The van der Waals surface area contributed by atoms with Gasteiger partial charge in [0.05, 0.1) is 24.7 Å². The highest BCUT2D eigenvalue weighted by Gasteiger charge is 2.16. The summed E-state index contributed by atoms with van der Waals surface area (Å²) in [6.07, 6.45) is 5.96. The Bertz CT molecular complexity index is 888. The molecule has 1 heterocycles. The number of methoxy groups -OCH3 is 1. The third-order valence-corrected chi connectivity index (χ3v) is 4.23. The van der Waals surface area contributed by atoms with Crippen molar-refractivity contribution in [1.29, 1.82) is 0 Å². The van der Waals surface area contributed by atoms with E-state index >= 15 is 0 Å². The molecule has 0 bridgehead atoms. The van der Waals surface area contributed by atoms with Gasteiger partial charge >= 0.3 is 0 Å². The number of aromatic nitrogens is 2. The van der Waals surface area contributed by atoms with Crippen molar-refractivity contribution in [2.45, 2.75) is 26.3 Å². The van der Waals surface area contributed by atoms with E-state index < -0.39 is 0 Å². The van der Waals surface area contributed by atoms with Crippen molar-refractivity contribution >= 4 is 5.91 Å². The van der Waals surface area contributed by atoms with Crippen molar-refractivity contribution in [2.24, 2.45) is 0 Å². The maximum absolute atomic E-state index is 12.9. The molecular formula is C21H23N3O2. The molecule has 5 heteroatoms. The Hall–Kier alpha value is -3.08. The summed E-state index contributed by atoms with van der Waals surface area (Å²) in [5.74, 6) is 0.731. The number of imidazole rings is 1. The third-order valence-electron chi connectivity index (χ3n) is 4.23. The molecule has 3 rings (SSSR count). The predicted octanol–water partition coefficient (Wildman–Crippen LogP) is 3.55. The molecule has 1 unspecified atom stereocenters. The number of hydrogen-bond acceptors (Lipinski definition) is 3. The molecule has 5 nitrogen and oxygen atoms in total. The Labute approximate surface area is 153 Å². The van der Waals surface area contributed by atoms with E-state index in [0.29, 0.717) is 5.56 Å². The Morgan fingerprint density at radius 2 is 2.12 bits per heavy atom. The van der Waals surface area contributed by atoms with Gasteiger partial charge in [-0.2, -0.15) is 0 Å². The van der Waals surface area contributed by atoms with Gasteiger partial charge in [0.15, 0.2) is 0 Å². The lowest BCUT2D eigenvalue weighted by molar-refractivity contribution is 0.0940. The van der Waals surface area contributed by atoms with E-state index in [1.807, 2.05) is 67.1 Å². The molecule has 2 aromatic carbocycles. The van der Waals surface area contributed by atoms with E-state index in [1.54, 1.807) is 19.6 Å². The summed E-state index contributed by atoms with van der Waals surface area (Å²) in [6, 6.07) is 13.7. The maximum Gasteiger partial charge on any atom is 0.253 e. The highest BCUT2D eigenvalue weighted by atomic mass is 16.5. The number of nitrogens with zero attached hydrogens (tertiary/aromatic N) is 2. The van der Waals surface area contributed by atoms with Crippen LogP contribution in [0.3, 0.4) is 0 Å². The number of benzene rings is 2. The van der Waals surface area contributed by atoms with Gasteiger partial charge in [-0.15, -0.1) is 0 Å². The highest BCUT2D eigenvalue weighted by Crippen LogP contribution is 2.18. The molecule has 0 aliphatic carbocycles. The third kappa shape index (κ3) is 4.11. The molecule has 1 atom stereocenters. The number of amides is 1. The van der Waals surface area contributed by atoms with Crippen molar-refractivity contribution < 1.29 is 9.53 Å². The zero-order valence-corrected chi connectivity index (χ0v) is 15.3.